The molecule has 0 radical (unpaired) electrons. The van der Waals surface area contributed by atoms with E-state index >= 15 is 0 Å². The Morgan fingerprint density at radius 3 is 2.43 bits per heavy atom. The quantitative estimate of drug-likeness (QED) is 0.576. The third-order valence-corrected chi connectivity index (χ3v) is 4.90. The highest BCUT2D eigenvalue weighted by atomic mass is 35.5. The zero-order chi connectivity index (χ0) is 19.8. The summed E-state index contributed by atoms with van der Waals surface area (Å²) in [6.45, 7) is 3.81. The third-order valence-electron chi connectivity index (χ3n) is 4.57. The molecule has 2 aromatic rings. The normalized spacial score (nSPS) is 13.8. The van der Waals surface area contributed by atoms with Crippen LogP contribution in [0.4, 0.5) is 11.4 Å². The van der Waals surface area contributed by atoms with Crippen molar-refractivity contribution in [2.24, 2.45) is 0 Å². The van der Waals surface area contributed by atoms with Crippen LogP contribution in [-0.4, -0.2) is 44.7 Å². The minimum atomic E-state index is -0.719. The minimum Gasteiger partial charge on any atom is -0.378 e. The molecule has 2 N–H and O–H groups in total. The fraction of sp³-hybridized carbons (Fsp3) is 0.333. The highest BCUT2D eigenvalue weighted by Gasteiger charge is 2.14. The van der Waals surface area contributed by atoms with Gasteiger partial charge in [0, 0.05) is 25.3 Å². The van der Waals surface area contributed by atoms with Gasteiger partial charge in [-0.25, -0.2) is 0 Å². The smallest absolute Gasteiger partial charge is 0.313 e. The molecule has 0 atom stereocenters. The van der Waals surface area contributed by atoms with Gasteiger partial charge in [-0.05, 0) is 42.7 Å². The van der Waals surface area contributed by atoms with Crippen molar-refractivity contribution in [3.63, 3.8) is 0 Å². The number of hydrogen-bond donors (Lipinski definition) is 2. The summed E-state index contributed by atoms with van der Waals surface area (Å²) < 4.78 is 5.37. The molecular formula is C21H24ClN3O3. The first-order chi connectivity index (χ1) is 13.6. The number of anilines is 2. The van der Waals surface area contributed by atoms with Crippen LogP contribution < -0.4 is 15.5 Å². The molecule has 28 heavy (non-hydrogen) atoms. The molecule has 0 aromatic heterocycles. The van der Waals surface area contributed by atoms with Gasteiger partial charge >= 0.3 is 11.8 Å². The zero-order valence-electron chi connectivity index (χ0n) is 15.6. The number of carbonyl (C=O) groups excluding carboxylic acids is 2. The maximum atomic E-state index is 11.9. The topological polar surface area (TPSA) is 70.7 Å². The van der Waals surface area contributed by atoms with Gasteiger partial charge in [0.05, 0.1) is 23.9 Å². The highest BCUT2D eigenvalue weighted by Crippen LogP contribution is 2.20. The lowest BCUT2D eigenvalue weighted by molar-refractivity contribution is -0.136. The van der Waals surface area contributed by atoms with Crippen LogP contribution in [0.25, 0.3) is 0 Å². The van der Waals surface area contributed by atoms with Crippen molar-refractivity contribution < 1.29 is 14.3 Å². The molecule has 3 rings (SSSR count). The monoisotopic (exact) mass is 401 g/mol. The Hall–Kier alpha value is -2.57. The number of benzene rings is 2. The van der Waals surface area contributed by atoms with Crippen LogP contribution in [0, 0.1) is 0 Å². The van der Waals surface area contributed by atoms with Gasteiger partial charge in [0.2, 0.25) is 0 Å². The molecule has 7 heteroatoms. The summed E-state index contributed by atoms with van der Waals surface area (Å²) in [5, 5.41) is 5.54. The predicted octanol–water partition coefficient (Wildman–Crippen LogP) is 2.86. The van der Waals surface area contributed by atoms with E-state index in [1.165, 1.54) is 11.3 Å². The molecule has 148 valence electrons. The second-order valence-electron chi connectivity index (χ2n) is 6.56. The van der Waals surface area contributed by atoms with Crippen molar-refractivity contribution in [1.29, 1.82) is 0 Å². The van der Waals surface area contributed by atoms with Gasteiger partial charge in [0.1, 0.15) is 0 Å². The highest BCUT2D eigenvalue weighted by molar-refractivity contribution is 6.41. The van der Waals surface area contributed by atoms with E-state index in [2.05, 4.69) is 39.8 Å². The zero-order valence-corrected chi connectivity index (χ0v) is 16.4. The van der Waals surface area contributed by atoms with E-state index in [1.807, 2.05) is 0 Å². The SMILES string of the molecule is O=C(NCCCc1ccc(N2CCOCC2)cc1)C(=O)Nc1ccccc1Cl. The number of hydrogen-bond acceptors (Lipinski definition) is 4. The summed E-state index contributed by atoms with van der Waals surface area (Å²) >= 11 is 5.97. The molecule has 0 aliphatic carbocycles. The molecule has 1 fully saturated rings. The Labute approximate surface area is 169 Å². The maximum Gasteiger partial charge on any atom is 0.313 e. The van der Waals surface area contributed by atoms with Crippen LogP contribution in [0.15, 0.2) is 48.5 Å². The standard InChI is InChI=1S/C21H24ClN3O3/c22-18-5-1-2-6-19(18)24-21(27)20(26)23-11-3-4-16-7-9-17(10-8-16)25-12-14-28-15-13-25/h1-2,5-10H,3-4,11-15H2,(H,23,26)(H,24,27). The number of amides is 2. The van der Waals surface area contributed by atoms with Crippen LogP contribution >= 0.6 is 11.6 Å². The lowest BCUT2D eigenvalue weighted by Crippen LogP contribution is -2.36. The number of nitrogens with zero attached hydrogens (tertiary/aromatic N) is 1. The molecule has 0 unspecified atom stereocenters. The second-order valence-corrected chi connectivity index (χ2v) is 6.97. The van der Waals surface area contributed by atoms with Crippen LogP contribution in [0.3, 0.4) is 0 Å². The lowest BCUT2D eigenvalue weighted by atomic mass is 10.1. The van der Waals surface area contributed by atoms with E-state index in [4.69, 9.17) is 16.3 Å². The van der Waals surface area contributed by atoms with Crippen LogP contribution in [-0.2, 0) is 20.7 Å². The maximum absolute atomic E-state index is 11.9. The molecule has 1 heterocycles. The number of rotatable bonds is 6. The van der Waals surface area contributed by atoms with Crippen LogP contribution in [0.2, 0.25) is 5.02 Å². The van der Waals surface area contributed by atoms with Gasteiger partial charge < -0.3 is 20.3 Å². The van der Waals surface area contributed by atoms with E-state index in [0.717, 1.165) is 39.1 Å². The summed E-state index contributed by atoms with van der Waals surface area (Å²) in [5.74, 6) is -1.38. The third kappa shape index (κ3) is 5.71. The number of carbonyl (C=O) groups is 2. The Kier molecular flexibility index (Phi) is 7.28. The number of ether oxygens (including phenoxy) is 1. The van der Waals surface area contributed by atoms with Gasteiger partial charge in [0.25, 0.3) is 0 Å². The summed E-state index contributed by atoms with van der Waals surface area (Å²) in [5.41, 5.74) is 2.83. The number of nitrogens with one attached hydrogen (secondary N) is 2. The van der Waals surface area contributed by atoms with Crippen LogP contribution in [0.1, 0.15) is 12.0 Å². The Bertz CT molecular complexity index is 805. The molecule has 2 aromatic carbocycles. The molecule has 2 amide bonds. The van der Waals surface area contributed by atoms with Gasteiger partial charge in [0.15, 0.2) is 0 Å². The van der Waals surface area contributed by atoms with E-state index in [0.29, 0.717) is 17.3 Å². The fourth-order valence-corrected chi connectivity index (χ4v) is 3.19. The first-order valence-electron chi connectivity index (χ1n) is 9.39. The van der Waals surface area contributed by atoms with Gasteiger partial charge in [-0.15, -0.1) is 0 Å². The molecule has 0 saturated carbocycles. The molecule has 1 aliphatic rings. The number of morpholine rings is 1. The average molecular weight is 402 g/mol. The summed E-state index contributed by atoms with van der Waals surface area (Å²) in [4.78, 5) is 26.1. The minimum absolute atomic E-state index is 0.393. The summed E-state index contributed by atoms with van der Waals surface area (Å²) in [6.07, 6.45) is 1.58. The van der Waals surface area contributed by atoms with Crippen molar-refractivity contribution in [3.8, 4) is 0 Å². The molecule has 1 aliphatic heterocycles. The van der Waals surface area contributed by atoms with Gasteiger partial charge in [-0.3, -0.25) is 9.59 Å². The number of aryl methyl sites for hydroxylation is 1. The van der Waals surface area contributed by atoms with Crippen molar-refractivity contribution >= 4 is 34.8 Å². The van der Waals surface area contributed by atoms with E-state index in [1.54, 1.807) is 24.3 Å². The Morgan fingerprint density at radius 2 is 1.71 bits per heavy atom. The van der Waals surface area contributed by atoms with E-state index in [9.17, 15) is 9.59 Å². The first kappa shape index (κ1) is 20.2. The largest absolute Gasteiger partial charge is 0.378 e. The first-order valence-corrected chi connectivity index (χ1v) is 9.76. The molecular weight excluding hydrogens is 378 g/mol. The fourth-order valence-electron chi connectivity index (χ4n) is 3.01. The predicted molar refractivity (Wildman–Crippen MR) is 111 cm³/mol. The van der Waals surface area contributed by atoms with Crippen molar-refractivity contribution in [3.05, 3.63) is 59.1 Å². The second kappa shape index (κ2) is 10.1. The number of para-hydroxylation sites is 1. The van der Waals surface area contributed by atoms with Gasteiger partial charge in [-0.1, -0.05) is 35.9 Å². The molecule has 1 saturated heterocycles. The summed E-state index contributed by atoms with van der Waals surface area (Å²) in [6, 6.07) is 15.3. The van der Waals surface area contributed by atoms with Crippen LogP contribution in [0.5, 0.6) is 0 Å². The molecule has 0 bridgehead atoms. The Morgan fingerprint density at radius 1 is 1.00 bits per heavy atom. The lowest BCUT2D eigenvalue weighted by Gasteiger charge is -2.28. The molecule has 0 spiro atoms. The molecule has 6 nitrogen and oxygen atoms in total. The van der Waals surface area contributed by atoms with Crippen molar-refractivity contribution in [1.82, 2.24) is 5.32 Å². The van der Waals surface area contributed by atoms with Crippen molar-refractivity contribution in [2.75, 3.05) is 43.1 Å². The van der Waals surface area contributed by atoms with E-state index in [-0.39, 0.29) is 0 Å². The number of halogens is 1. The van der Waals surface area contributed by atoms with Gasteiger partial charge in [-0.2, -0.15) is 0 Å². The van der Waals surface area contributed by atoms with E-state index < -0.39 is 11.8 Å². The summed E-state index contributed by atoms with van der Waals surface area (Å²) in [7, 11) is 0. The Balaban J connectivity index is 1.38. The average Bonchev–Trinajstić information content (AvgIpc) is 2.73. The van der Waals surface area contributed by atoms with Crippen molar-refractivity contribution in [2.45, 2.75) is 12.8 Å².